The van der Waals surface area contributed by atoms with Crippen LogP contribution in [0.1, 0.15) is 196 Å². The fraction of sp³-hybridized carbons (Fsp3) is 0.302. The number of benzene rings is 6. The number of nitrogens with two attached hydrogens (primary N) is 2. The number of halogens is 3. The molecule has 0 saturated heterocycles. The van der Waals surface area contributed by atoms with Gasteiger partial charge in [0.05, 0.1) is 22.8 Å². The smallest absolute Gasteiger partial charge is 1.00 e. The van der Waals surface area contributed by atoms with Crippen molar-refractivity contribution in [1.82, 2.24) is 29.9 Å². The van der Waals surface area contributed by atoms with Crippen molar-refractivity contribution >= 4 is 74.5 Å². The topological polar surface area (TPSA) is 201 Å². The molecule has 6 aromatic heterocycles. The zero-order chi connectivity index (χ0) is 77.0. The molecule has 589 valence electrons. The van der Waals surface area contributed by atoms with Crippen molar-refractivity contribution in [3.8, 4) is 56.3 Å². The molecule has 11 nitrogen and oxygen atoms in total. The van der Waals surface area contributed by atoms with E-state index in [2.05, 4.69) is 239 Å². The molecular weight excluding hydrogens is 1740 g/mol. The number of nitrogens with zero attached hydrogens (tertiary/aromatic N) is 6. The average Bonchev–Trinajstić information content (AvgIpc) is 0.823. The zero-order valence-corrected chi connectivity index (χ0v) is 74.3. The van der Waals surface area contributed by atoms with E-state index in [1.807, 2.05) is 61.9 Å². The summed E-state index contributed by atoms with van der Waals surface area (Å²) in [5.74, 6) is 2.24. The maximum absolute atomic E-state index is 8.67. The number of hydrogen-bond donors (Lipinski definition) is 4. The van der Waals surface area contributed by atoms with Crippen molar-refractivity contribution in [3.05, 3.63) is 322 Å². The van der Waals surface area contributed by atoms with Crippen LogP contribution in [0.3, 0.4) is 0 Å². The van der Waals surface area contributed by atoms with Gasteiger partial charge < -0.3 is 55.4 Å². The van der Waals surface area contributed by atoms with E-state index < -0.39 is 7.12 Å². The number of rotatable bonds is 9. The molecule has 1 radical (unpaired) electrons. The Morgan fingerprint density at radius 3 is 1.00 bits per heavy atom. The Balaban J connectivity index is 0.000000235. The minimum atomic E-state index is -1.35. The van der Waals surface area contributed by atoms with Gasteiger partial charge >= 0.3 is 30.2 Å². The standard InChI is InChI=1S/2C18H21N.C18H20N.C12H10BrN.C12H12N2.C7H9BO2.C6H11.C5H5ClN2.BrH.Ir.Mg.H2O/c3*1-14-7-9-16(10-8-14)18-13-17(11-12-19-18)15-5-3-2-4-6-15;2*1-9-2-4-10(5-3-9)12-8-11(13)6-7-14-12;1-6-2-4-7(5-3-6)8(9)10;1-2-4-6-5-3-1;6-5-3-4(7)1-2-8-5;;;;/h2*7-13,15H,2-6H2,1H3;7-9,11-13,15H,2-6H2,1H3;2-8H,1H3;2-8H,1H3,(H2,13,14);2-5,9-10H,1H3;1H,2-6H2;1-3H,(H2,7,8);1H;;;1H2/q;;-1;;;;-1;;;;+2;/p-1. The molecule has 0 spiro atoms. The summed E-state index contributed by atoms with van der Waals surface area (Å²) in [6, 6.07) is 74.9. The van der Waals surface area contributed by atoms with Crippen LogP contribution in [0.2, 0.25) is 5.15 Å². The first kappa shape index (κ1) is 96.0. The molecule has 17 heteroatoms. The zero-order valence-electron chi connectivity index (χ0n) is 66.6. The summed E-state index contributed by atoms with van der Waals surface area (Å²) in [5, 5.41) is 17.8. The summed E-state index contributed by atoms with van der Waals surface area (Å²) in [5.41, 5.74) is 35.8. The van der Waals surface area contributed by atoms with Crippen LogP contribution < -0.4 is 33.9 Å². The molecule has 16 rings (SSSR count). The van der Waals surface area contributed by atoms with Crippen molar-refractivity contribution in [1.29, 1.82) is 0 Å². The molecule has 12 aromatic rings. The van der Waals surface area contributed by atoms with E-state index in [0.29, 0.717) is 16.3 Å². The van der Waals surface area contributed by atoms with Gasteiger partial charge in [0, 0.05) is 95.4 Å². The molecule has 4 aliphatic rings. The van der Waals surface area contributed by atoms with E-state index in [4.69, 9.17) is 33.1 Å². The Morgan fingerprint density at radius 2 is 0.690 bits per heavy atom. The monoisotopic (exact) mass is 1840 g/mol. The molecule has 0 atom stereocenters. The van der Waals surface area contributed by atoms with Gasteiger partial charge in [-0.05, 0) is 180 Å². The summed E-state index contributed by atoms with van der Waals surface area (Å²) in [6.07, 6.45) is 41.0. The summed E-state index contributed by atoms with van der Waals surface area (Å²) in [4.78, 5) is 25.9. The van der Waals surface area contributed by atoms with Gasteiger partial charge in [0.25, 0.3) is 0 Å². The van der Waals surface area contributed by atoms with Crippen LogP contribution in [0, 0.1) is 54.0 Å². The predicted molar refractivity (Wildman–Crippen MR) is 472 cm³/mol. The summed E-state index contributed by atoms with van der Waals surface area (Å²) in [6.45, 7) is 12.4. The van der Waals surface area contributed by atoms with E-state index in [1.165, 1.54) is 184 Å². The molecule has 4 saturated carbocycles. The van der Waals surface area contributed by atoms with Crippen LogP contribution in [-0.4, -0.2) is 75.6 Å². The number of hydrogen-bond acceptors (Lipinski definition) is 10. The molecule has 6 heterocycles. The maximum atomic E-state index is 8.67. The second-order valence-electron chi connectivity index (χ2n) is 29.1. The number of nitrogen functional groups attached to an aromatic ring is 2. The fourth-order valence-electron chi connectivity index (χ4n) is 13.7. The number of pyridine rings is 6. The first-order chi connectivity index (χ1) is 53.0. The van der Waals surface area contributed by atoms with Crippen molar-refractivity contribution in [2.24, 2.45) is 0 Å². The van der Waals surface area contributed by atoms with Crippen molar-refractivity contribution < 1.29 is 52.6 Å². The van der Waals surface area contributed by atoms with E-state index >= 15 is 0 Å². The minimum absolute atomic E-state index is 0. The first-order valence-corrected chi connectivity index (χ1v) is 40.2. The van der Waals surface area contributed by atoms with Gasteiger partial charge in [0.2, 0.25) is 0 Å². The van der Waals surface area contributed by atoms with Crippen LogP contribution in [0.15, 0.2) is 254 Å². The van der Waals surface area contributed by atoms with Gasteiger partial charge in [-0.3, -0.25) is 19.9 Å². The Kier molecular flexibility index (Phi) is 44.9. The van der Waals surface area contributed by atoms with Gasteiger partial charge in [0.15, 0.2) is 0 Å². The molecule has 6 aromatic carbocycles. The second-order valence-corrected chi connectivity index (χ2v) is 30.4. The third-order valence-corrected chi connectivity index (χ3v) is 20.9. The van der Waals surface area contributed by atoms with Crippen molar-refractivity contribution in [2.45, 2.75) is 188 Å². The SMILES string of the molecule is Cc1c[c-]c(-c2cc(C3CCCCC3)ccn2)cc1.Cc1ccc(-c2cc(Br)ccn2)cc1.Cc1ccc(-c2cc(C3CCCCC3)ccn2)cc1.Cc1ccc(-c2cc(C3CCCCC3)ccn2)cc1.Cc1ccc(-c2cc(N)ccn2)cc1.Cc1ccc(B(O)O)cc1.Nc1ccnc(Cl)c1.O.[Br-].[CH-]1CCCCC1.[Ir].[Mg+2]. The molecular formula is C96H111BBr2ClIrMgN8O3-. The van der Waals surface area contributed by atoms with Crippen LogP contribution >= 0.6 is 27.5 Å². The van der Waals surface area contributed by atoms with E-state index in [9.17, 15) is 0 Å². The molecule has 4 fully saturated rings. The maximum Gasteiger partial charge on any atom is 2.00 e. The molecule has 0 amide bonds. The molecule has 113 heavy (non-hydrogen) atoms. The third-order valence-electron chi connectivity index (χ3n) is 20.2. The van der Waals surface area contributed by atoms with Gasteiger partial charge in [0.1, 0.15) is 5.15 Å². The van der Waals surface area contributed by atoms with Gasteiger partial charge in [-0.2, -0.15) is 12.8 Å². The number of aromatic nitrogens is 6. The fourth-order valence-corrected chi connectivity index (χ4v) is 14.2. The molecule has 4 aliphatic carbocycles. The molecule has 0 bridgehead atoms. The van der Waals surface area contributed by atoms with Crippen LogP contribution in [0.5, 0.6) is 0 Å². The Bertz CT molecular complexity index is 4250. The summed E-state index contributed by atoms with van der Waals surface area (Å²) < 4.78 is 1.06. The van der Waals surface area contributed by atoms with Crippen LogP contribution in [0.25, 0.3) is 56.3 Å². The molecule has 0 aliphatic heterocycles. The Morgan fingerprint density at radius 1 is 0.381 bits per heavy atom. The normalized spacial score (nSPS) is 13.6. The molecule has 8 N–H and O–H groups in total. The minimum Gasteiger partial charge on any atom is -1.00 e. The summed E-state index contributed by atoms with van der Waals surface area (Å²) >= 11 is 8.89. The van der Waals surface area contributed by atoms with Gasteiger partial charge in [-0.15, -0.1) is 35.4 Å². The number of aryl methyl sites for hydroxylation is 6. The quantitative estimate of drug-likeness (QED) is 0.0612. The van der Waals surface area contributed by atoms with E-state index in [0.717, 1.165) is 78.6 Å². The third kappa shape index (κ3) is 34.4. The van der Waals surface area contributed by atoms with Crippen LogP contribution in [0.4, 0.5) is 11.4 Å². The van der Waals surface area contributed by atoms with E-state index in [-0.39, 0.29) is 65.6 Å². The van der Waals surface area contributed by atoms with Crippen LogP contribution in [-0.2, 0) is 20.1 Å². The molecule has 0 unspecified atom stereocenters. The van der Waals surface area contributed by atoms with Crippen molar-refractivity contribution in [2.75, 3.05) is 11.5 Å². The first-order valence-electron chi connectivity index (χ1n) is 39.1. The summed E-state index contributed by atoms with van der Waals surface area (Å²) in [7, 11) is -1.35. The second kappa shape index (κ2) is 52.8. The Labute approximate surface area is 727 Å². The average molecular weight is 1850 g/mol. The Hall–Kier alpha value is -7.57. The number of anilines is 2. The largest absolute Gasteiger partial charge is 2.00 e. The van der Waals surface area contributed by atoms with Crippen molar-refractivity contribution in [3.63, 3.8) is 0 Å². The van der Waals surface area contributed by atoms with Gasteiger partial charge in [-0.25, -0.2) is 4.98 Å². The predicted octanol–water partition coefficient (Wildman–Crippen LogP) is 20.5. The van der Waals surface area contributed by atoms with E-state index in [1.54, 1.807) is 48.9 Å². The van der Waals surface area contributed by atoms with Gasteiger partial charge in [-0.1, -0.05) is 272 Å².